The Morgan fingerprint density at radius 3 is 2.36 bits per heavy atom. The smallest absolute Gasteiger partial charge is 0.102 e. The van der Waals surface area contributed by atoms with E-state index in [1.807, 2.05) is 72.8 Å². The lowest BCUT2D eigenvalue weighted by atomic mass is 9.88. The van der Waals surface area contributed by atoms with E-state index in [9.17, 15) is 9.50 Å². The Morgan fingerprint density at radius 2 is 1.64 bits per heavy atom. The molecule has 0 saturated carbocycles. The van der Waals surface area contributed by atoms with E-state index in [2.05, 4.69) is 0 Å². The number of aliphatic hydroxyl groups excluding tert-OH is 1. The van der Waals surface area contributed by atoms with Crippen LogP contribution in [0.25, 0.3) is 10.8 Å². The van der Waals surface area contributed by atoms with Gasteiger partial charge in [-0.05, 0) is 47.7 Å². The number of fused-ring (bicyclic) bond motifs is 1. The molecule has 0 aliphatic heterocycles. The highest BCUT2D eigenvalue weighted by Gasteiger charge is 2.25. The maximum atomic E-state index is 14.5. The third kappa shape index (κ3) is 4.15. The highest BCUT2D eigenvalue weighted by Crippen LogP contribution is 2.33. The van der Waals surface area contributed by atoms with Crippen molar-refractivity contribution in [1.29, 1.82) is 0 Å². The van der Waals surface area contributed by atoms with Crippen molar-refractivity contribution in [2.24, 2.45) is 5.92 Å². The van der Waals surface area contributed by atoms with E-state index in [1.165, 1.54) is 6.08 Å². The normalized spacial score (nSPS) is 14.4. The molecule has 1 nitrogen and oxygen atoms in total. The SMILES string of the molecule is C/C=C(/F)[C@H](CCc1ccccc1)[C@@H](O)c1ccc2ccccc2c1. The molecule has 0 spiro atoms. The van der Waals surface area contributed by atoms with Gasteiger partial charge < -0.3 is 5.11 Å². The Kier molecular flexibility index (Phi) is 5.62. The second-order valence-electron chi connectivity index (χ2n) is 6.36. The first-order valence-electron chi connectivity index (χ1n) is 8.71. The monoisotopic (exact) mass is 334 g/mol. The number of halogens is 1. The lowest BCUT2D eigenvalue weighted by Crippen LogP contribution is -2.15. The van der Waals surface area contributed by atoms with Gasteiger partial charge in [0, 0.05) is 5.92 Å². The Morgan fingerprint density at radius 1 is 0.960 bits per heavy atom. The first-order chi connectivity index (χ1) is 12.2. The average molecular weight is 334 g/mol. The molecule has 0 aliphatic carbocycles. The van der Waals surface area contributed by atoms with Crippen molar-refractivity contribution in [2.75, 3.05) is 0 Å². The van der Waals surface area contributed by atoms with E-state index >= 15 is 0 Å². The molecule has 0 saturated heterocycles. The van der Waals surface area contributed by atoms with Gasteiger partial charge in [0.25, 0.3) is 0 Å². The molecule has 3 rings (SSSR count). The van der Waals surface area contributed by atoms with Gasteiger partial charge in [0.15, 0.2) is 0 Å². The number of benzene rings is 3. The first kappa shape index (κ1) is 17.4. The fourth-order valence-electron chi connectivity index (χ4n) is 3.25. The number of allylic oxidation sites excluding steroid dienone is 1. The zero-order chi connectivity index (χ0) is 17.6. The van der Waals surface area contributed by atoms with E-state index in [0.29, 0.717) is 6.42 Å². The summed E-state index contributed by atoms with van der Waals surface area (Å²) in [6, 6.07) is 23.8. The highest BCUT2D eigenvalue weighted by atomic mass is 19.1. The zero-order valence-corrected chi connectivity index (χ0v) is 14.4. The standard InChI is InChI=1S/C23H23FO/c1-2-22(24)21(15-12-17-8-4-3-5-9-17)23(25)20-14-13-18-10-6-7-11-19(18)16-20/h2-11,13-14,16,21,23,25H,12,15H2,1H3/b22-2+/t21-,23-/m0/s1. The molecule has 0 unspecified atom stereocenters. The van der Waals surface area contributed by atoms with Crippen LogP contribution >= 0.6 is 0 Å². The van der Waals surface area contributed by atoms with Crippen LogP contribution in [-0.2, 0) is 6.42 Å². The number of aryl methyl sites for hydroxylation is 1. The van der Waals surface area contributed by atoms with E-state index < -0.39 is 12.0 Å². The van der Waals surface area contributed by atoms with Crippen LogP contribution in [0.4, 0.5) is 4.39 Å². The van der Waals surface area contributed by atoms with Crippen molar-refractivity contribution in [2.45, 2.75) is 25.9 Å². The predicted molar refractivity (Wildman–Crippen MR) is 102 cm³/mol. The third-order valence-corrected chi connectivity index (χ3v) is 4.71. The van der Waals surface area contributed by atoms with E-state index in [0.717, 1.165) is 28.3 Å². The molecule has 3 aromatic rings. The minimum atomic E-state index is -0.857. The number of hydrogen-bond acceptors (Lipinski definition) is 1. The number of hydrogen-bond donors (Lipinski definition) is 1. The van der Waals surface area contributed by atoms with Crippen LogP contribution in [0, 0.1) is 5.92 Å². The van der Waals surface area contributed by atoms with Gasteiger partial charge in [0.1, 0.15) is 5.83 Å². The van der Waals surface area contributed by atoms with Crippen LogP contribution in [-0.4, -0.2) is 5.11 Å². The number of aliphatic hydroxyl groups is 1. The highest BCUT2D eigenvalue weighted by molar-refractivity contribution is 5.83. The van der Waals surface area contributed by atoms with Gasteiger partial charge in [-0.15, -0.1) is 0 Å². The lowest BCUT2D eigenvalue weighted by Gasteiger charge is -2.22. The van der Waals surface area contributed by atoms with E-state index in [4.69, 9.17) is 0 Å². The van der Waals surface area contributed by atoms with E-state index in [-0.39, 0.29) is 5.83 Å². The minimum absolute atomic E-state index is 0.253. The molecule has 2 atom stereocenters. The van der Waals surface area contributed by atoms with Gasteiger partial charge in [0.2, 0.25) is 0 Å². The van der Waals surface area contributed by atoms with Gasteiger partial charge in [0.05, 0.1) is 6.10 Å². The topological polar surface area (TPSA) is 20.2 Å². The molecular weight excluding hydrogens is 311 g/mol. The van der Waals surface area contributed by atoms with Gasteiger partial charge in [-0.1, -0.05) is 72.8 Å². The molecule has 0 heterocycles. The summed E-state index contributed by atoms with van der Waals surface area (Å²) in [5.41, 5.74) is 1.91. The van der Waals surface area contributed by atoms with Gasteiger partial charge in [-0.25, -0.2) is 4.39 Å². The van der Waals surface area contributed by atoms with Crippen molar-refractivity contribution < 1.29 is 9.50 Å². The van der Waals surface area contributed by atoms with Crippen LogP contribution in [0.2, 0.25) is 0 Å². The van der Waals surface area contributed by atoms with Crippen molar-refractivity contribution >= 4 is 10.8 Å². The predicted octanol–water partition coefficient (Wildman–Crippen LogP) is 6.00. The summed E-state index contributed by atoms with van der Waals surface area (Å²) < 4.78 is 14.5. The molecule has 0 amide bonds. The molecule has 0 fully saturated rings. The quantitative estimate of drug-likeness (QED) is 0.586. The third-order valence-electron chi connectivity index (χ3n) is 4.71. The van der Waals surface area contributed by atoms with E-state index in [1.54, 1.807) is 6.92 Å². The van der Waals surface area contributed by atoms with Gasteiger partial charge in [-0.2, -0.15) is 0 Å². The summed E-state index contributed by atoms with van der Waals surface area (Å²) in [4.78, 5) is 0. The Hall–Kier alpha value is -2.45. The van der Waals surface area contributed by atoms with Crippen LogP contribution in [0.15, 0.2) is 84.7 Å². The molecule has 0 aromatic heterocycles. The van der Waals surface area contributed by atoms with Gasteiger partial charge in [-0.3, -0.25) is 0 Å². The summed E-state index contributed by atoms with van der Waals surface area (Å²) in [5.74, 6) is -0.789. The summed E-state index contributed by atoms with van der Waals surface area (Å²) in [6.07, 6.45) is 1.90. The minimum Gasteiger partial charge on any atom is -0.388 e. The molecule has 3 aromatic carbocycles. The van der Waals surface area contributed by atoms with Gasteiger partial charge >= 0.3 is 0 Å². The second-order valence-corrected chi connectivity index (χ2v) is 6.36. The maximum absolute atomic E-state index is 14.5. The van der Waals surface area contributed by atoms with Crippen molar-refractivity contribution in [3.8, 4) is 0 Å². The maximum Gasteiger partial charge on any atom is 0.102 e. The zero-order valence-electron chi connectivity index (χ0n) is 14.4. The fourth-order valence-corrected chi connectivity index (χ4v) is 3.25. The molecule has 0 bridgehead atoms. The molecule has 2 heteroatoms. The largest absolute Gasteiger partial charge is 0.388 e. The lowest BCUT2D eigenvalue weighted by molar-refractivity contribution is 0.109. The Labute approximate surface area is 148 Å². The first-order valence-corrected chi connectivity index (χ1v) is 8.71. The van der Waals surface area contributed by atoms with Crippen molar-refractivity contribution in [3.05, 3.63) is 95.8 Å². The Balaban J connectivity index is 1.83. The van der Waals surface area contributed by atoms with Crippen molar-refractivity contribution in [3.63, 3.8) is 0 Å². The summed E-state index contributed by atoms with van der Waals surface area (Å²) >= 11 is 0. The summed E-state index contributed by atoms with van der Waals surface area (Å²) in [6.45, 7) is 1.68. The molecule has 0 aliphatic rings. The van der Waals surface area contributed by atoms with Crippen LogP contribution < -0.4 is 0 Å². The molecule has 25 heavy (non-hydrogen) atoms. The summed E-state index contributed by atoms with van der Waals surface area (Å²) in [7, 11) is 0. The molecular formula is C23H23FO. The molecule has 0 radical (unpaired) electrons. The van der Waals surface area contributed by atoms with Crippen molar-refractivity contribution in [1.82, 2.24) is 0 Å². The van der Waals surface area contributed by atoms with Crippen LogP contribution in [0.3, 0.4) is 0 Å². The second kappa shape index (κ2) is 8.09. The average Bonchev–Trinajstić information content (AvgIpc) is 2.68. The molecule has 1 N–H and O–H groups in total. The molecule has 128 valence electrons. The summed E-state index contributed by atoms with van der Waals surface area (Å²) in [5, 5.41) is 13.0. The van der Waals surface area contributed by atoms with Crippen LogP contribution in [0.1, 0.15) is 30.6 Å². The number of rotatable bonds is 6. The Bertz CT molecular complexity index is 854. The fraction of sp³-hybridized carbons (Fsp3) is 0.217. The van der Waals surface area contributed by atoms with Crippen LogP contribution in [0.5, 0.6) is 0 Å².